The van der Waals surface area contributed by atoms with Crippen LogP contribution in [0.25, 0.3) is 10.9 Å². The summed E-state index contributed by atoms with van der Waals surface area (Å²) in [6.07, 6.45) is 0.446. The summed E-state index contributed by atoms with van der Waals surface area (Å²) in [5.74, 6) is -0.541. The van der Waals surface area contributed by atoms with Gasteiger partial charge in [0.1, 0.15) is 11.0 Å². The van der Waals surface area contributed by atoms with E-state index in [1.807, 2.05) is 31.2 Å². The summed E-state index contributed by atoms with van der Waals surface area (Å²) in [5, 5.41) is 7.16. The van der Waals surface area contributed by atoms with Crippen molar-refractivity contribution in [2.75, 3.05) is 0 Å². The van der Waals surface area contributed by atoms with E-state index in [4.69, 9.17) is 11.6 Å². The molecule has 27 heavy (non-hydrogen) atoms. The molecule has 1 aliphatic heterocycles. The van der Waals surface area contributed by atoms with Gasteiger partial charge in [0.25, 0.3) is 0 Å². The Morgan fingerprint density at radius 1 is 1.22 bits per heavy atom. The van der Waals surface area contributed by atoms with E-state index in [0.29, 0.717) is 22.8 Å². The van der Waals surface area contributed by atoms with Gasteiger partial charge in [0.05, 0.1) is 17.3 Å². The fourth-order valence-corrected chi connectivity index (χ4v) is 3.72. The number of fused-ring (bicyclic) bond motifs is 1. The fraction of sp³-hybridized carbons (Fsp3) is 0.190. The molecule has 0 saturated carbocycles. The molecule has 2 heterocycles. The van der Waals surface area contributed by atoms with Crippen molar-refractivity contribution >= 4 is 34.1 Å². The van der Waals surface area contributed by atoms with Crippen LogP contribution in [0.5, 0.6) is 0 Å². The SMILES string of the molecule is CC(=O)N1N=C(c2cccc(F)c2)CC1c1cc2cccc(C)c2nc1Cl. The number of hydrazone groups is 1. The number of carbonyl (C=O) groups excluding carboxylic acids is 1. The Bertz CT molecular complexity index is 1100. The van der Waals surface area contributed by atoms with Gasteiger partial charge in [-0.15, -0.1) is 0 Å². The maximum atomic E-state index is 13.6. The molecule has 3 aromatic rings. The van der Waals surface area contributed by atoms with Gasteiger partial charge in [0.15, 0.2) is 0 Å². The lowest BCUT2D eigenvalue weighted by Crippen LogP contribution is -2.24. The summed E-state index contributed by atoms with van der Waals surface area (Å²) >= 11 is 6.48. The summed E-state index contributed by atoms with van der Waals surface area (Å²) < 4.78 is 13.6. The van der Waals surface area contributed by atoms with E-state index >= 15 is 0 Å². The largest absolute Gasteiger partial charge is 0.273 e. The highest BCUT2D eigenvalue weighted by molar-refractivity contribution is 6.30. The van der Waals surface area contributed by atoms with Crippen molar-refractivity contribution in [1.29, 1.82) is 0 Å². The van der Waals surface area contributed by atoms with Crippen LogP contribution >= 0.6 is 11.6 Å². The second-order valence-electron chi connectivity index (χ2n) is 6.66. The first-order valence-electron chi connectivity index (χ1n) is 8.63. The Morgan fingerprint density at radius 3 is 2.74 bits per heavy atom. The first-order valence-corrected chi connectivity index (χ1v) is 9.01. The molecule has 1 aromatic heterocycles. The average molecular weight is 382 g/mol. The van der Waals surface area contributed by atoms with Crippen molar-refractivity contribution in [2.24, 2.45) is 5.10 Å². The number of para-hydroxylation sites is 1. The molecule has 0 bridgehead atoms. The zero-order valence-corrected chi connectivity index (χ0v) is 15.7. The molecule has 4 rings (SSSR count). The predicted octanol–water partition coefficient (Wildman–Crippen LogP) is 5.03. The number of aromatic nitrogens is 1. The number of aryl methyl sites for hydroxylation is 1. The van der Waals surface area contributed by atoms with Crippen LogP contribution in [0, 0.1) is 12.7 Å². The zero-order valence-electron chi connectivity index (χ0n) is 14.9. The molecule has 0 N–H and O–H groups in total. The first-order chi connectivity index (χ1) is 12.9. The summed E-state index contributed by atoms with van der Waals surface area (Å²) in [5.41, 5.74) is 3.91. The number of hydrogen-bond donors (Lipinski definition) is 0. The van der Waals surface area contributed by atoms with Crippen LogP contribution in [0.2, 0.25) is 5.15 Å². The minimum absolute atomic E-state index is 0.202. The Morgan fingerprint density at radius 2 is 2.00 bits per heavy atom. The molecule has 1 atom stereocenters. The van der Waals surface area contributed by atoms with Gasteiger partial charge in [0, 0.05) is 29.9 Å². The maximum absolute atomic E-state index is 13.6. The summed E-state index contributed by atoms with van der Waals surface area (Å²) in [6.45, 7) is 3.44. The lowest BCUT2D eigenvalue weighted by molar-refractivity contribution is -0.130. The molecule has 0 aliphatic carbocycles. The molecule has 1 amide bonds. The standard InChI is InChI=1S/C21H17ClFN3O/c1-12-5-3-7-15-10-17(21(22)24-20(12)15)19-11-18(25-26(19)13(2)27)14-6-4-8-16(23)9-14/h3-10,19H,11H2,1-2H3. The van der Waals surface area contributed by atoms with Crippen molar-refractivity contribution in [2.45, 2.75) is 26.3 Å². The van der Waals surface area contributed by atoms with E-state index in [2.05, 4.69) is 10.1 Å². The minimum atomic E-state index is -0.370. The summed E-state index contributed by atoms with van der Waals surface area (Å²) in [7, 11) is 0. The smallest absolute Gasteiger partial charge is 0.240 e. The molecule has 0 spiro atoms. The van der Waals surface area contributed by atoms with Crippen LogP contribution in [0.1, 0.15) is 36.1 Å². The lowest BCUT2D eigenvalue weighted by Gasteiger charge is -2.21. The number of rotatable bonds is 2. The van der Waals surface area contributed by atoms with Gasteiger partial charge in [-0.05, 0) is 30.7 Å². The van der Waals surface area contributed by atoms with Crippen molar-refractivity contribution in [1.82, 2.24) is 9.99 Å². The van der Waals surface area contributed by atoms with Gasteiger partial charge in [-0.2, -0.15) is 5.10 Å². The van der Waals surface area contributed by atoms with Gasteiger partial charge in [-0.3, -0.25) is 4.79 Å². The molecule has 0 fully saturated rings. The van der Waals surface area contributed by atoms with Gasteiger partial charge >= 0.3 is 0 Å². The molecule has 6 heteroatoms. The molecule has 2 aromatic carbocycles. The lowest BCUT2D eigenvalue weighted by atomic mass is 9.98. The minimum Gasteiger partial charge on any atom is -0.273 e. The van der Waals surface area contributed by atoms with Crippen LogP contribution in [-0.4, -0.2) is 21.6 Å². The Hall–Kier alpha value is -2.79. The van der Waals surface area contributed by atoms with Crippen molar-refractivity contribution < 1.29 is 9.18 Å². The van der Waals surface area contributed by atoms with Crippen LogP contribution in [0.15, 0.2) is 53.6 Å². The fourth-order valence-electron chi connectivity index (χ4n) is 3.46. The van der Waals surface area contributed by atoms with Crippen molar-refractivity contribution in [3.8, 4) is 0 Å². The number of hydrogen-bond acceptors (Lipinski definition) is 3. The van der Waals surface area contributed by atoms with Crippen molar-refractivity contribution in [3.63, 3.8) is 0 Å². The monoisotopic (exact) mass is 381 g/mol. The highest BCUT2D eigenvalue weighted by atomic mass is 35.5. The number of pyridine rings is 1. The maximum Gasteiger partial charge on any atom is 0.240 e. The number of benzene rings is 2. The normalized spacial score (nSPS) is 16.7. The molecular weight excluding hydrogens is 365 g/mol. The molecule has 4 nitrogen and oxygen atoms in total. The van der Waals surface area contributed by atoms with Gasteiger partial charge in [-0.25, -0.2) is 14.4 Å². The number of nitrogens with zero attached hydrogens (tertiary/aromatic N) is 3. The molecule has 0 radical (unpaired) electrons. The van der Waals surface area contributed by atoms with Gasteiger partial charge in [0.2, 0.25) is 5.91 Å². The summed E-state index contributed by atoms with van der Waals surface area (Å²) in [4.78, 5) is 16.7. The quantitative estimate of drug-likeness (QED) is 0.584. The number of amides is 1. The third kappa shape index (κ3) is 3.19. The van der Waals surface area contributed by atoms with E-state index in [1.165, 1.54) is 24.1 Å². The molecular formula is C21H17ClFN3O. The first kappa shape index (κ1) is 17.6. The second-order valence-corrected chi connectivity index (χ2v) is 7.01. The Kier molecular flexibility index (Phi) is 4.40. The average Bonchev–Trinajstić information content (AvgIpc) is 3.07. The van der Waals surface area contributed by atoms with Crippen LogP contribution in [0.4, 0.5) is 4.39 Å². The zero-order chi connectivity index (χ0) is 19.1. The highest BCUT2D eigenvalue weighted by Gasteiger charge is 2.33. The van der Waals surface area contributed by atoms with E-state index < -0.39 is 0 Å². The Balaban J connectivity index is 1.78. The third-order valence-electron chi connectivity index (χ3n) is 4.78. The topological polar surface area (TPSA) is 45.6 Å². The predicted molar refractivity (Wildman–Crippen MR) is 104 cm³/mol. The Labute approximate surface area is 161 Å². The van der Waals surface area contributed by atoms with E-state index in [-0.39, 0.29) is 17.8 Å². The number of halogens is 2. The van der Waals surface area contributed by atoms with E-state index in [1.54, 1.807) is 12.1 Å². The van der Waals surface area contributed by atoms with E-state index in [0.717, 1.165) is 22.0 Å². The highest BCUT2D eigenvalue weighted by Crippen LogP contribution is 2.37. The molecule has 1 aliphatic rings. The van der Waals surface area contributed by atoms with Crippen molar-refractivity contribution in [3.05, 3.63) is 76.2 Å². The second kappa shape index (κ2) is 6.74. The molecule has 136 valence electrons. The van der Waals surface area contributed by atoms with Gasteiger partial charge < -0.3 is 0 Å². The molecule has 0 saturated heterocycles. The van der Waals surface area contributed by atoms with Gasteiger partial charge in [-0.1, -0.05) is 41.9 Å². The molecule has 1 unspecified atom stereocenters. The van der Waals surface area contributed by atoms with E-state index in [9.17, 15) is 9.18 Å². The third-order valence-corrected chi connectivity index (χ3v) is 5.08. The van der Waals surface area contributed by atoms with Crippen LogP contribution < -0.4 is 0 Å². The number of carbonyl (C=O) groups is 1. The van der Waals surface area contributed by atoms with Crippen LogP contribution in [0.3, 0.4) is 0 Å². The van der Waals surface area contributed by atoms with Crippen LogP contribution in [-0.2, 0) is 4.79 Å². The summed E-state index contributed by atoms with van der Waals surface area (Å²) in [6, 6.07) is 13.7.